The van der Waals surface area contributed by atoms with Gasteiger partial charge in [-0.25, -0.2) is 4.98 Å². The van der Waals surface area contributed by atoms with Gasteiger partial charge in [-0.1, -0.05) is 12.8 Å². The summed E-state index contributed by atoms with van der Waals surface area (Å²) in [6, 6.07) is -0.406. The minimum absolute atomic E-state index is 0.0973. The van der Waals surface area contributed by atoms with Crippen molar-refractivity contribution in [3.8, 4) is 0 Å². The Bertz CT molecular complexity index is 481. The Morgan fingerprint density at radius 3 is 2.70 bits per heavy atom. The summed E-state index contributed by atoms with van der Waals surface area (Å²) in [6.07, 6.45) is 4.29. The fourth-order valence-electron chi connectivity index (χ4n) is 2.66. The lowest BCUT2D eigenvalue weighted by molar-refractivity contribution is -0.129. The molecule has 2 N–H and O–H groups in total. The van der Waals surface area contributed by atoms with Gasteiger partial charge < -0.3 is 10.6 Å². The molecule has 1 atom stereocenters. The first-order valence-electron chi connectivity index (χ1n) is 7.02. The standard InChI is InChI=1S/C14H21N3O2S/c1-9-8-20-12(16-9)7-15-14(19)13(17-10(2)18)11-5-3-4-6-11/h8,11,13H,3-7H2,1-2H3,(H,15,19)(H,17,18)/t13-/m0/s1. The van der Waals surface area contributed by atoms with Gasteiger partial charge in [0.2, 0.25) is 11.8 Å². The average molecular weight is 295 g/mol. The van der Waals surface area contributed by atoms with E-state index in [0.29, 0.717) is 6.54 Å². The molecule has 1 fully saturated rings. The highest BCUT2D eigenvalue weighted by molar-refractivity contribution is 7.09. The van der Waals surface area contributed by atoms with Crippen molar-refractivity contribution in [2.75, 3.05) is 0 Å². The van der Waals surface area contributed by atoms with E-state index >= 15 is 0 Å². The summed E-state index contributed by atoms with van der Waals surface area (Å²) in [4.78, 5) is 27.9. The molecule has 0 aliphatic heterocycles. The molecular weight excluding hydrogens is 274 g/mol. The van der Waals surface area contributed by atoms with Crippen molar-refractivity contribution in [3.63, 3.8) is 0 Å². The second-order valence-electron chi connectivity index (χ2n) is 5.32. The van der Waals surface area contributed by atoms with Crippen molar-refractivity contribution in [1.82, 2.24) is 15.6 Å². The van der Waals surface area contributed by atoms with Gasteiger partial charge in [0, 0.05) is 18.0 Å². The smallest absolute Gasteiger partial charge is 0.243 e. The number of hydrogen-bond donors (Lipinski definition) is 2. The molecule has 0 aromatic carbocycles. The second-order valence-corrected chi connectivity index (χ2v) is 6.27. The lowest BCUT2D eigenvalue weighted by Gasteiger charge is -2.23. The zero-order valence-electron chi connectivity index (χ0n) is 11.9. The van der Waals surface area contributed by atoms with Gasteiger partial charge >= 0.3 is 0 Å². The summed E-state index contributed by atoms with van der Waals surface area (Å²) in [5.41, 5.74) is 0.966. The number of nitrogens with one attached hydrogen (secondary N) is 2. The predicted octanol–water partition coefficient (Wildman–Crippen LogP) is 1.76. The lowest BCUT2D eigenvalue weighted by atomic mass is 9.97. The molecular formula is C14H21N3O2S. The van der Waals surface area contributed by atoms with E-state index in [1.54, 1.807) is 0 Å². The quantitative estimate of drug-likeness (QED) is 0.869. The SMILES string of the molecule is CC(=O)N[C@H](C(=O)NCc1nc(C)cs1)C1CCCC1. The number of thiazole rings is 1. The van der Waals surface area contributed by atoms with Crippen LogP contribution in [0.5, 0.6) is 0 Å². The van der Waals surface area contributed by atoms with Gasteiger partial charge in [-0.05, 0) is 25.7 Å². The molecule has 0 saturated heterocycles. The summed E-state index contributed by atoms with van der Waals surface area (Å²) in [5, 5.41) is 8.54. The molecule has 6 heteroatoms. The fourth-order valence-corrected chi connectivity index (χ4v) is 3.38. The third kappa shape index (κ3) is 4.03. The van der Waals surface area contributed by atoms with E-state index < -0.39 is 6.04 Å². The Morgan fingerprint density at radius 1 is 1.45 bits per heavy atom. The monoisotopic (exact) mass is 295 g/mol. The van der Waals surface area contributed by atoms with Crippen molar-refractivity contribution in [1.29, 1.82) is 0 Å². The summed E-state index contributed by atoms with van der Waals surface area (Å²) in [7, 11) is 0. The van der Waals surface area contributed by atoms with Crippen LogP contribution in [-0.4, -0.2) is 22.8 Å². The molecule has 20 heavy (non-hydrogen) atoms. The van der Waals surface area contributed by atoms with Crippen LogP contribution in [0.4, 0.5) is 0 Å². The molecule has 1 aromatic heterocycles. The van der Waals surface area contributed by atoms with Gasteiger partial charge in [0.15, 0.2) is 0 Å². The van der Waals surface area contributed by atoms with Gasteiger partial charge in [0.25, 0.3) is 0 Å². The third-order valence-corrected chi connectivity index (χ3v) is 4.56. The molecule has 0 radical (unpaired) electrons. The maximum absolute atomic E-state index is 12.3. The maximum Gasteiger partial charge on any atom is 0.243 e. The van der Waals surface area contributed by atoms with Crippen molar-refractivity contribution in [3.05, 3.63) is 16.1 Å². The number of nitrogens with zero attached hydrogens (tertiary/aromatic N) is 1. The molecule has 1 saturated carbocycles. The highest BCUT2D eigenvalue weighted by Crippen LogP contribution is 2.28. The molecule has 1 aromatic rings. The van der Waals surface area contributed by atoms with E-state index in [2.05, 4.69) is 15.6 Å². The topological polar surface area (TPSA) is 71.1 Å². The Balaban J connectivity index is 1.93. The van der Waals surface area contributed by atoms with Crippen LogP contribution in [0.25, 0.3) is 0 Å². The highest BCUT2D eigenvalue weighted by Gasteiger charge is 2.31. The van der Waals surface area contributed by atoms with Crippen molar-refractivity contribution < 1.29 is 9.59 Å². The minimum atomic E-state index is -0.406. The van der Waals surface area contributed by atoms with Crippen LogP contribution in [0, 0.1) is 12.8 Å². The van der Waals surface area contributed by atoms with Crippen LogP contribution < -0.4 is 10.6 Å². The van der Waals surface area contributed by atoms with E-state index in [-0.39, 0.29) is 17.7 Å². The van der Waals surface area contributed by atoms with E-state index in [0.717, 1.165) is 36.4 Å². The fraction of sp³-hybridized carbons (Fsp3) is 0.643. The third-order valence-electron chi connectivity index (χ3n) is 3.59. The Kier molecular flexibility index (Phi) is 5.11. The van der Waals surface area contributed by atoms with Crippen molar-refractivity contribution in [2.45, 2.75) is 52.1 Å². The summed E-state index contributed by atoms with van der Waals surface area (Å²) in [6.45, 7) is 3.82. The summed E-state index contributed by atoms with van der Waals surface area (Å²) in [5.74, 6) is 0.0130. The molecule has 1 aliphatic rings. The maximum atomic E-state index is 12.3. The predicted molar refractivity (Wildman–Crippen MR) is 78.3 cm³/mol. The Hall–Kier alpha value is -1.43. The zero-order chi connectivity index (χ0) is 14.5. The Labute approximate surface area is 123 Å². The number of hydrogen-bond acceptors (Lipinski definition) is 4. The number of carbonyl (C=O) groups excluding carboxylic acids is 2. The second kappa shape index (κ2) is 6.83. The average Bonchev–Trinajstić information content (AvgIpc) is 3.04. The molecule has 0 bridgehead atoms. The first-order chi connectivity index (χ1) is 9.56. The number of aromatic nitrogens is 1. The van der Waals surface area contributed by atoms with Crippen molar-refractivity contribution >= 4 is 23.2 Å². The molecule has 5 nitrogen and oxygen atoms in total. The number of carbonyl (C=O) groups is 2. The largest absolute Gasteiger partial charge is 0.348 e. The first-order valence-corrected chi connectivity index (χ1v) is 7.90. The van der Waals surface area contributed by atoms with Crippen LogP contribution in [0.3, 0.4) is 0 Å². The molecule has 1 aliphatic carbocycles. The van der Waals surface area contributed by atoms with Crippen LogP contribution in [0.1, 0.15) is 43.3 Å². The van der Waals surface area contributed by atoms with Gasteiger partial charge in [0.05, 0.1) is 6.54 Å². The van der Waals surface area contributed by atoms with Crippen LogP contribution in [0.2, 0.25) is 0 Å². The van der Waals surface area contributed by atoms with Gasteiger partial charge in [-0.2, -0.15) is 0 Å². The normalized spacial score (nSPS) is 16.9. The zero-order valence-corrected chi connectivity index (χ0v) is 12.8. The van der Waals surface area contributed by atoms with E-state index in [9.17, 15) is 9.59 Å². The van der Waals surface area contributed by atoms with E-state index in [4.69, 9.17) is 0 Å². The molecule has 2 rings (SSSR count). The van der Waals surface area contributed by atoms with Crippen molar-refractivity contribution in [2.24, 2.45) is 5.92 Å². The minimum Gasteiger partial charge on any atom is -0.348 e. The Morgan fingerprint density at radius 2 is 2.15 bits per heavy atom. The van der Waals surface area contributed by atoms with Gasteiger partial charge in [-0.3, -0.25) is 9.59 Å². The molecule has 2 amide bonds. The molecule has 0 spiro atoms. The summed E-state index contributed by atoms with van der Waals surface area (Å²) >= 11 is 1.54. The van der Waals surface area contributed by atoms with Crippen LogP contribution in [0.15, 0.2) is 5.38 Å². The highest BCUT2D eigenvalue weighted by atomic mass is 32.1. The number of rotatable bonds is 5. The molecule has 110 valence electrons. The van der Waals surface area contributed by atoms with E-state index in [1.807, 2.05) is 12.3 Å². The molecule has 1 heterocycles. The van der Waals surface area contributed by atoms with E-state index in [1.165, 1.54) is 18.3 Å². The molecule has 0 unspecified atom stereocenters. The van der Waals surface area contributed by atoms with Crippen LogP contribution in [-0.2, 0) is 16.1 Å². The summed E-state index contributed by atoms with van der Waals surface area (Å²) < 4.78 is 0. The number of aryl methyl sites for hydroxylation is 1. The first kappa shape index (κ1) is 15.0. The van der Waals surface area contributed by atoms with Gasteiger partial charge in [-0.15, -0.1) is 11.3 Å². The number of amides is 2. The lowest BCUT2D eigenvalue weighted by Crippen LogP contribution is -2.49. The van der Waals surface area contributed by atoms with Gasteiger partial charge in [0.1, 0.15) is 11.0 Å². The van der Waals surface area contributed by atoms with Crippen LogP contribution >= 0.6 is 11.3 Å².